The highest BCUT2D eigenvalue weighted by atomic mass is 35.5. The molecule has 0 saturated carbocycles. The van der Waals surface area contributed by atoms with Crippen LogP contribution in [-0.4, -0.2) is 31.7 Å². The number of carbonyl (C=O) groups excluding carboxylic acids is 1. The van der Waals surface area contributed by atoms with E-state index in [0.717, 1.165) is 9.87 Å². The van der Waals surface area contributed by atoms with Gasteiger partial charge in [0.25, 0.3) is 0 Å². The average Bonchev–Trinajstić information content (AvgIpc) is 2.55. The molecule has 0 atom stereocenters. The minimum atomic E-state index is -3.73. The van der Waals surface area contributed by atoms with Crippen molar-refractivity contribution in [2.45, 2.75) is 18.7 Å². The Morgan fingerprint density at radius 1 is 1.12 bits per heavy atom. The maximum Gasteiger partial charge on any atom is 0.243 e. The fourth-order valence-corrected chi connectivity index (χ4v) is 3.73. The van der Waals surface area contributed by atoms with Gasteiger partial charge in [-0.3, -0.25) is 4.79 Å². The first-order valence-corrected chi connectivity index (χ1v) is 9.27. The number of hydrogen-bond acceptors (Lipinski definition) is 3. The predicted octanol–water partition coefficient (Wildman–Crippen LogP) is 3.30. The molecule has 0 aliphatic carbocycles. The fraction of sp³-hybridized carbons (Fsp3) is 0.235. The van der Waals surface area contributed by atoms with Gasteiger partial charge in [-0.1, -0.05) is 48.4 Å². The van der Waals surface area contributed by atoms with Crippen LogP contribution in [0.2, 0.25) is 5.02 Å². The van der Waals surface area contributed by atoms with Gasteiger partial charge in [-0.2, -0.15) is 4.31 Å². The first-order chi connectivity index (χ1) is 11.3. The van der Waals surface area contributed by atoms with E-state index in [4.69, 9.17) is 11.6 Å². The lowest BCUT2D eigenvalue weighted by molar-refractivity contribution is -0.116. The summed E-state index contributed by atoms with van der Waals surface area (Å²) in [6, 6.07) is 13.3. The molecule has 0 aliphatic rings. The minimum Gasteiger partial charge on any atom is -0.324 e. The molecule has 5 nitrogen and oxygen atoms in total. The van der Waals surface area contributed by atoms with E-state index in [1.807, 2.05) is 6.92 Å². The van der Waals surface area contributed by atoms with Crippen molar-refractivity contribution in [2.75, 3.05) is 18.4 Å². The molecule has 0 fully saturated rings. The smallest absolute Gasteiger partial charge is 0.243 e. The molecule has 0 aliphatic heterocycles. The number of nitrogens with zero attached hydrogens (tertiary/aromatic N) is 1. The third-order valence-electron chi connectivity index (χ3n) is 3.48. The monoisotopic (exact) mass is 366 g/mol. The summed E-state index contributed by atoms with van der Waals surface area (Å²) >= 11 is 5.99. The van der Waals surface area contributed by atoms with Gasteiger partial charge in [-0.25, -0.2) is 8.42 Å². The number of carbonyl (C=O) groups is 1. The normalized spacial score (nSPS) is 11.5. The number of rotatable bonds is 6. The third-order valence-corrected chi connectivity index (χ3v) is 5.74. The van der Waals surface area contributed by atoms with Gasteiger partial charge in [-0.05, 0) is 31.2 Å². The van der Waals surface area contributed by atoms with Gasteiger partial charge in [0, 0.05) is 6.54 Å². The summed E-state index contributed by atoms with van der Waals surface area (Å²) in [5.74, 6) is -0.444. The average molecular weight is 367 g/mol. The molecule has 24 heavy (non-hydrogen) atoms. The molecule has 1 N–H and O–H groups in total. The first kappa shape index (κ1) is 18.4. The molecule has 0 unspecified atom stereocenters. The lowest BCUT2D eigenvalue weighted by Gasteiger charge is -2.20. The predicted molar refractivity (Wildman–Crippen MR) is 95.7 cm³/mol. The maximum atomic E-state index is 12.6. The second kappa shape index (κ2) is 7.79. The van der Waals surface area contributed by atoms with Crippen LogP contribution in [0.15, 0.2) is 53.4 Å². The van der Waals surface area contributed by atoms with Crippen molar-refractivity contribution in [3.05, 3.63) is 59.1 Å². The van der Waals surface area contributed by atoms with Gasteiger partial charge in [0.15, 0.2) is 0 Å². The van der Waals surface area contributed by atoms with Crippen LogP contribution in [0.1, 0.15) is 12.5 Å². The summed E-state index contributed by atoms with van der Waals surface area (Å²) in [6.45, 7) is 3.48. The van der Waals surface area contributed by atoms with Crippen molar-refractivity contribution >= 4 is 33.2 Å². The second-order valence-electron chi connectivity index (χ2n) is 5.27. The number of amides is 1. The number of halogens is 1. The van der Waals surface area contributed by atoms with E-state index in [9.17, 15) is 13.2 Å². The second-order valence-corrected chi connectivity index (χ2v) is 7.62. The molecule has 2 aromatic rings. The van der Waals surface area contributed by atoms with E-state index in [1.165, 1.54) is 0 Å². The van der Waals surface area contributed by atoms with Gasteiger partial charge in [0.1, 0.15) is 0 Å². The minimum absolute atomic E-state index is 0.167. The third kappa shape index (κ3) is 4.35. The van der Waals surface area contributed by atoms with Gasteiger partial charge >= 0.3 is 0 Å². The molecule has 0 spiro atoms. The number of para-hydroxylation sites is 1. The summed E-state index contributed by atoms with van der Waals surface area (Å²) in [4.78, 5) is 12.4. The molecule has 0 heterocycles. The molecule has 7 heteroatoms. The topological polar surface area (TPSA) is 66.5 Å². The molecular weight excluding hydrogens is 348 g/mol. The van der Waals surface area contributed by atoms with Crippen LogP contribution >= 0.6 is 11.6 Å². The molecule has 2 rings (SSSR count). The zero-order valence-corrected chi connectivity index (χ0v) is 15.1. The lowest BCUT2D eigenvalue weighted by atomic mass is 10.2. The van der Waals surface area contributed by atoms with Crippen molar-refractivity contribution in [3.8, 4) is 0 Å². The van der Waals surface area contributed by atoms with E-state index >= 15 is 0 Å². The van der Waals surface area contributed by atoms with Crippen molar-refractivity contribution in [3.63, 3.8) is 0 Å². The standard InChI is InChI=1S/C17H19ClN2O3S/c1-3-20(24(22,23)14-10-8-13(2)9-11-14)12-17(21)19-16-7-5-4-6-15(16)18/h4-11H,3,12H2,1-2H3,(H,19,21). The zero-order chi connectivity index (χ0) is 17.7. The Morgan fingerprint density at radius 3 is 2.33 bits per heavy atom. The van der Waals surface area contributed by atoms with Crippen LogP contribution in [0.5, 0.6) is 0 Å². The Kier molecular flexibility index (Phi) is 5.99. The highest BCUT2D eigenvalue weighted by Gasteiger charge is 2.25. The van der Waals surface area contributed by atoms with Gasteiger partial charge in [0.05, 0.1) is 22.2 Å². The van der Waals surface area contributed by atoms with E-state index in [0.29, 0.717) is 10.7 Å². The Balaban J connectivity index is 2.15. The molecule has 0 radical (unpaired) electrons. The Morgan fingerprint density at radius 2 is 1.75 bits per heavy atom. The van der Waals surface area contributed by atoms with Gasteiger partial charge in [-0.15, -0.1) is 0 Å². The van der Waals surface area contributed by atoms with Gasteiger partial charge < -0.3 is 5.32 Å². The highest BCUT2D eigenvalue weighted by Crippen LogP contribution is 2.21. The van der Waals surface area contributed by atoms with Crippen molar-refractivity contribution in [1.29, 1.82) is 0 Å². The molecule has 1 amide bonds. The fourth-order valence-electron chi connectivity index (χ4n) is 2.14. The van der Waals surface area contributed by atoms with Gasteiger partial charge in [0.2, 0.25) is 15.9 Å². The quantitative estimate of drug-likeness (QED) is 0.853. The summed E-state index contributed by atoms with van der Waals surface area (Å²) < 4.78 is 26.4. The maximum absolute atomic E-state index is 12.6. The molecule has 128 valence electrons. The molecule has 2 aromatic carbocycles. The number of hydrogen-bond donors (Lipinski definition) is 1. The first-order valence-electron chi connectivity index (χ1n) is 7.45. The number of sulfonamides is 1. The zero-order valence-electron chi connectivity index (χ0n) is 13.5. The van der Waals surface area contributed by atoms with E-state index in [1.54, 1.807) is 55.5 Å². The lowest BCUT2D eigenvalue weighted by Crippen LogP contribution is -2.37. The summed E-state index contributed by atoms with van der Waals surface area (Å²) in [5, 5.41) is 3.03. The largest absolute Gasteiger partial charge is 0.324 e. The summed E-state index contributed by atoms with van der Waals surface area (Å²) in [5.41, 5.74) is 1.42. The van der Waals surface area contributed by atoms with Crippen LogP contribution < -0.4 is 5.32 Å². The molecule has 0 saturated heterocycles. The SMILES string of the molecule is CCN(CC(=O)Nc1ccccc1Cl)S(=O)(=O)c1ccc(C)cc1. The van der Waals surface area contributed by atoms with Crippen molar-refractivity contribution in [2.24, 2.45) is 0 Å². The van der Waals surface area contributed by atoms with Crippen LogP contribution in [-0.2, 0) is 14.8 Å². The van der Waals surface area contributed by atoms with Crippen molar-refractivity contribution in [1.82, 2.24) is 4.31 Å². The molecular formula is C17H19ClN2O3S. The van der Waals surface area contributed by atoms with Crippen molar-refractivity contribution < 1.29 is 13.2 Å². The summed E-state index contributed by atoms with van der Waals surface area (Å²) in [6.07, 6.45) is 0. The van der Waals surface area contributed by atoms with E-state index in [2.05, 4.69) is 5.32 Å². The number of anilines is 1. The van der Waals surface area contributed by atoms with Crippen LogP contribution in [0.25, 0.3) is 0 Å². The number of aryl methyl sites for hydroxylation is 1. The molecule has 0 aromatic heterocycles. The number of nitrogens with one attached hydrogen (secondary N) is 1. The van der Waals surface area contributed by atoms with E-state index in [-0.39, 0.29) is 18.0 Å². The van der Waals surface area contributed by atoms with E-state index < -0.39 is 15.9 Å². The highest BCUT2D eigenvalue weighted by molar-refractivity contribution is 7.89. The Hall–Kier alpha value is -1.89. The van der Waals surface area contributed by atoms with Crippen LogP contribution in [0.3, 0.4) is 0 Å². The Bertz CT molecular complexity index is 820. The van der Waals surface area contributed by atoms with Crippen LogP contribution in [0.4, 0.5) is 5.69 Å². The number of benzene rings is 2. The van der Waals surface area contributed by atoms with Crippen LogP contribution in [0, 0.1) is 6.92 Å². The Labute approximate surface area is 147 Å². The number of likely N-dealkylation sites (N-methyl/N-ethyl adjacent to an activating group) is 1. The molecule has 0 bridgehead atoms. The summed E-state index contributed by atoms with van der Waals surface area (Å²) in [7, 11) is -3.73.